The zero-order chi connectivity index (χ0) is 14.4. The Morgan fingerprint density at radius 2 is 1.70 bits per heavy atom. The molecule has 112 valence electrons. The number of nitrogens with two attached hydrogens (primary N) is 1. The zero-order valence-corrected chi connectivity index (χ0v) is 12.7. The number of benzene rings is 1. The van der Waals surface area contributed by atoms with Crippen LogP contribution in [0.1, 0.15) is 43.2 Å². The van der Waals surface area contributed by atoms with Crippen LogP contribution < -0.4 is 10.5 Å². The minimum absolute atomic E-state index is 0.0442. The number of hydrogen-bond acceptors (Lipinski definition) is 3. The van der Waals surface area contributed by atoms with Gasteiger partial charge >= 0.3 is 0 Å². The van der Waals surface area contributed by atoms with Crippen molar-refractivity contribution in [2.45, 2.75) is 44.4 Å². The molecule has 2 rings (SSSR count). The minimum Gasteiger partial charge on any atom is -0.326 e. The quantitative estimate of drug-likeness (QED) is 0.809. The number of sulfonamides is 1. The molecule has 1 aliphatic carbocycles. The van der Waals surface area contributed by atoms with Gasteiger partial charge < -0.3 is 5.73 Å². The fraction of sp³-hybridized carbons (Fsp3) is 0.600. The average Bonchev–Trinajstić information content (AvgIpc) is 2.92. The average molecular weight is 296 g/mol. The van der Waals surface area contributed by atoms with Gasteiger partial charge in [-0.3, -0.25) is 0 Å². The molecule has 0 heterocycles. The molecule has 1 aromatic rings. The van der Waals surface area contributed by atoms with Crippen molar-refractivity contribution >= 4 is 10.0 Å². The van der Waals surface area contributed by atoms with Gasteiger partial charge in [-0.25, -0.2) is 13.1 Å². The van der Waals surface area contributed by atoms with Gasteiger partial charge in [0.2, 0.25) is 10.0 Å². The van der Waals surface area contributed by atoms with Crippen molar-refractivity contribution in [2.75, 3.05) is 6.54 Å². The Kier molecular flexibility index (Phi) is 5.57. The smallest absolute Gasteiger partial charge is 0.215 e. The molecule has 0 atom stereocenters. The van der Waals surface area contributed by atoms with Gasteiger partial charge in [0.1, 0.15) is 0 Å². The number of hydrogen-bond donors (Lipinski definition) is 2. The number of rotatable bonds is 7. The summed E-state index contributed by atoms with van der Waals surface area (Å²) in [6.07, 6.45) is 6.06. The van der Waals surface area contributed by atoms with Crippen molar-refractivity contribution in [1.29, 1.82) is 0 Å². The van der Waals surface area contributed by atoms with E-state index in [0.717, 1.165) is 17.5 Å². The van der Waals surface area contributed by atoms with Gasteiger partial charge in [-0.05, 0) is 23.5 Å². The van der Waals surface area contributed by atoms with Gasteiger partial charge in [0.25, 0.3) is 0 Å². The van der Waals surface area contributed by atoms with Gasteiger partial charge in [0.05, 0.1) is 5.75 Å². The topological polar surface area (TPSA) is 72.2 Å². The molecule has 1 aromatic carbocycles. The Hall–Kier alpha value is -0.910. The van der Waals surface area contributed by atoms with E-state index in [2.05, 4.69) is 4.72 Å². The molecule has 3 N–H and O–H groups in total. The summed E-state index contributed by atoms with van der Waals surface area (Å²) in [5.41, 5.74) is 7.34. The summed E-state index contributed by atoms with van der Waals surface area (Å²) >= 11 is 0. The third kappa shape index (κ3) is 4.89. The van der Waals surface area contributed by atoms with E-state index < -0.39 is 10.0 Å². The molecule has 0 bridgehead atoms. The summed E-state index contributed by atoms with van der Waals surface area (Å²) in [5.74, 6) is 0.754. The zero-order valence-electron chi connectivity index (χ0n) is 11.8. The van der Waals surface area contributed by atoms with Crippen molar-refractivity contribution in [2.24, 2.45) is 11.7 Å². The van der Waals surface area contributed by atoms with E-state index in [1.807, 2.05) is 24.3 Å². The highest BCUT2D eigenvalue weighted by molar-refractivity contribution is 7.88. The fourth-order valence-electron chi connectivity index (χ4n) is 2.76. The van der Waals surface area contributed by atoms with Crippen molar-refractivity contribution in [1.82, 2.24) is 4.72 Å². The van der Waals surface area contributed by atoms with Gasteiger partial charge in [-0.2, -0.15) is 0 Å². The SMILES string of the molecule is NCc1ccc(CS(=O)(=O)NCCC2CCCC2)cc1. The molecule has 1 aliphatic rings. The second-order valence-electron chi connectivity index (χ2n) is 5.61. The van der Waals surface area contributed by atoms with E-state index in [9.17, 15) is 8.42 Å². The van der Waals surface area contributed by atoms with E-state index in [-0.39, 0.29) is 5.75 Å². The molecule has 20 heavy (non-hydrogen) atoms. The Bertz CT molecular complexity index is 505. The predicted octanol–water partition coefficient (Wildman–Crippen LogP) is 2.14. The standard InChI is InChI=1S/C15H24N2O2S/c16-11-14-5-7-15(8-6-14)12-20(18,19)17-10-9-13-3-1-2-4-13/h5-8,13,17H,1-4,9-12,16H2. The maximum absolute atomic E-state index is 12.0. The lowest BCUT2D eigenvalue weighted by atomic mass is 10.1. The van der Waals surface area contributed by atoms with Crippen molar-refractivity contribution < 1.29 is 8.42 Å². The van der Waals surface area contributed by atoms with Crippen molar-refractivity contribution in [3.05, 3.63) is 35.4 Å². The van der Waals surface area contributed by atoms with Gasteiger partial charge in [0.15, 0.2) is 0 Å². The first-order valence-corrected chi connectivity index (χ1v) is 8.99. The largest absolute Gasteiger partial charge is 0.326 e. The third-order valence-corrected chi connectivity index (χ3v) is 5.32. The van der Waals surface area contributed by atoms with E-state index in [1.165, 1.54) is 25.7 Å². The van der Waals surface area contributed by atoms with Crippen LogP contribution in [0.2, 0.25) is 0 Å². The maximum atomic E-state index is 12.0. The Labute approximate surface area is 121 Å². The second-order valence-corrected chi connectivity index (χ2v) is 7.42. The molecule has 5 heteroatoms. The lowest BCUT2D eigenvalue weighted by Crippen LogP contribution is -2.27. The first-order chi connectivity index (χ1) is 9.59. The molecule has 0 unspecified atom stereocenters. The van der Waals surface area contributed by atoms with Gasteiger partial charge in [-0.15, -0.1) is 0 Å². The summed E-state index contributed by atoms with van der Waals surface area (Å²) in [7, 11) is -3.23. The summed E-state index contributed by atoms with van der Waals surface area (Å²) in [6, 6.07) is 7.42. The van der Waals surface area contributed by atoms with E-state index >= 15 is 0 Å². The maximum Gasteiger partial charge on any atom is 0.215 e. The first kappa shape index (κ1) is 15.5. The highest BCUT2D eigenvalue weighted by atomic mass is 32.2. The molecule has 0 aliphatic heterocycles. The minimum atomic E-state index is -3.23. The molecular weight excluding hydrogens is 272 g/mol. The van der Waals surface area contributed by atoms with Crippen LogP contribution in [0.5, 0.6) is 0 Å². The Morgan fingerprint density at radius 1 is 1.10 bits per heavy atom. The van der Waals surface area contributed by atoms with Crippen LogP contribution in [0.3, 0.4) is 0 Å². The monoisotopic (exact) mass is 296 g/mol. The summed E-state index contributed by atoms with van der Waals surface area (Å²) in [5, 5.41) is 0. The van der Waals surface area contributed by atoms with Gasteiger partial charge in [-0.1, -0.05) is 49.9 Å². The van der Waals surface area contributed by atoms with E-state index in [0.29, 0.717) is 19.0 Å². The molecule has 4 nitrogen and oxygen atoms in total. The molecule has 1 saturated carbocycles. The van der Waals surface area contributed by atoms with E-state index in [4.69, 9.17) is 5.73 Å². The second kappa shape index (κ2) is 7.20. The number of nitrogens with one attached hydrogen (secondary N) is 1. The Balaban J connectivity index is 1.79. The lowest BCUT2D eigenvalue weighted by molar-refractivity contribution is 0.495. The third-order valence-electron chi connectivity index (χ3n) is 3.96. The van der Waals surface area contributed by atoms with Crippen LogP contribution in [0.15, 0.2) is 24.3 Å². The molecule has 0 saturated heterocycles. The van der Waals surface area contributed by atoms with Crippen molar-refractivity contribution in [3.8, 4) is 0 Å². The Morgan fingerprint density at radius 3 is 2.30 bits per heavy atom. The lowest BCUT2D eigenvalue weighted by Gasteiger charge is -2.10. The summed E-state index contributed by atoms with van der Waals surface area (Å²) in [6.45, 7) is 1.04. The fourth-order valence-corrected chi connectivity index (χ4v) is 3.92. The van der Waals surface area contributed by atoms with Crippen LogP contribution in [0.25, 0.3) is 0 Å². The molecule has 0 aromatic heterocycles. The van der Waals surface area contributed by atoms with Crippen LogP contribution in [-0.2, 0) is 22.3 Å². The first-order valence-electron chi connectivity index (χ1n) is 7.34. The molecule has 0 amide bonds. The predicted molar refractivity (Wildman–Crippen MR) is 81.5 cm³/mol. The van der Waals surface area contributed by atoms with Crippen LogP contribution >= 0.6 is 0 Å². The highest BCUT2D eigenvalue weighted by Crippen LogP contribution is 2.26. The molecule has 0 radical (unpaired) electrons. The molecule has 0 spiro atoms. The summed E-state index contributed by atoms with van der Waals surface area (Å²) in [4.78, 5) is 0. The summed E-state index contributed by atoms with van der Waals surface area (Å²) < 4.78 is 26.7. The van der Waals surface area contributed by atoms with Gasteiger partial charge in [0, 0.05) is 13.1 Å². The van der Waals surface area contributed by atoms with Crippen molar-refractivity contribution in [3.63, 3.8) is 0 Å². The molecular formula is C15H24N2O2S. The normalized spacial score (nSPS) is 16.6. The van der Waals surface area contributed by atoms with E-state index in [1.54, 1.807) is 0 Å². The molecule has 1 fully saturated rings. The highest BCUT2D eigenvalue weighted by Gasteiger charge is 2.16. The van der Waals surface area contributed by atoms with Crippen LogP contribution in [0, 0.1) is 5.92 Å². The van der Waals surface area contributed by atoms with Crippen LogP contribution in [0.4, 0.5) is 0 Å². The van der Waals surface area contributed by atoms with Crippen LogP contribution in [-0.4, -0.2) is 15.0 Å².